The minimum Gasteiger partial charge on any atom is -0.382 e. The Kier molecular flexibility index (Phi) is 5.53. The van der Waals surface area contributed by atoms with Crippen molar-refractivity contribution in [2.45, 2.75) is 25.6 Å². The lowest BCUT2D eigenvalue weighted by atomic mass is 10.1. The third-order valence-electron chi connectivity index (χ3n) is 3.50. The summed E-state index contributed by atoms with van der Waals surface area (Å²) in [5, 5.41) is 11.7. The van der Waals surface area contributed by atoms with Gasteiger partial charge in [0.15, 0.2) is 0 Å². The molecule has 0 radical (unpaired) electrons. The molecule has 0 bridgehead atoms. The Morgan fingerprint density at radius 3 is 3.00 bits per heavy atom. The first kappa shape index (κ1) is 17.2. The van der Waals surface area contributed by atoms with Crippen LogP contribution in [0.1, 0.15) is 19.4 Å². The fourth-order valence-corrected chi connectivity index (χ4v) is 2.60. The third-order valence-corrected chi connectivity index (χ3v) is 3.50. The van der Waals surface area contributed by atoms with Crippen molar-refractivity contribution in [3.63, 3.8) is 0 Å². The molecular weight excluding hydrogens is 296 g/mol. The Labute approximate surface area is 136 Å². The van der Waals surface area contributed by atoms with E-state index >= 15 is 0 Å². The zero-order valence-corrected chi connectivity index (χ0v) is 13.7. The Morgan fingerprint density at radius 2 is 2.39 bits per heavy atom. The maximum absolute atomic E-state index is 12.4. The fraction of sp³-hybridized carbons (Fsp3) is 0.562. The molecule has 1 saturated heterocycles. The number of hydrogen-bond donors (Lipinski definition) is 1. The molecule has 7 heteroatoms. The van der Waals surface area contributed by atoms with Gasteiger partial charge in [0.2, 0.25) is 5.91 Å². The largest absolute Gasteiger partial charge is 0.382 e. The monoisotopic (exact) mass is 318 g/mol. The van der Waals surface area contributed by atoms with Crippen LogP contribution in [0.4, 0.5) is 5.82 Å². The summed E-state index contributed by atoms with van der Waals surface area (Å²) in [6.45, 7) is 5.58. The maximum atomic E-state index is 12.4. The number of ether oxygens (including phenoxy) is 2. The van der Waals surface area contributed by atoms with Crippen LogP contribution in [0.25, 0.3) is 0 Å². The number of nitrogens with zero attached hydrogens (tertiary/aromatic N) is 3. The van der Waals surface area contributed by atoms with E-state index < -0.39 is 5.60 Å². The van der Waals surface area contributed by atoms with Gasteiger partial charge >= 0.3 is 0 Å². The average Bonchev–Trinajstić information content (AvgIpc) is 2.52. The Bertz CT molecular complexity index is 580. The molecule has 0 aliphatic carbocycles. The van der Waals surface area contributed by atoms with Crippen LogP contribution in [0.5, 0.6) is 0 Å². The molecule has 0 unspecified atom stereocenters. The van der Waals surface area contributed by atoms with Gasteiger partial charge in [0, 0.05) is 26.4 Å². The highest BCUT2D eigenvalue weighted by molar-refractivity contribution is 5.80. The average molecular weight is 318 g/mol. The van der Waals surface area contributed by atoms with Crippen LogP contribution in [0, 0.1) is 11.3 Å². The van der Waals surface area contributed by atoms with Crippen molar-refractivity contribution in [3.8, 4) is 6.07 Å². The van der Waals surface area contributed by atoms with Crippen molar-refractivity contribution < 1.29 is 14.3 Å². The summed E-state index contributed by atoms with van der Waals surface area (Å²) >= 11 is 0. The van der Waals surface area contributed by atoms with Crippen LogP contribution in [-0.2, 0) is 14.3 Å². The van der Waals surface area contributed by atoms with Crippen LogP contribution in [0.2, 0.25) is 0 Å². The van der Waals surface area contributed by atoms with Gasteiger partial charge in [0.1, 0.15) is 11.9 Å². The summed E-state index contributed by atoms with van der Waals surface area (Å²) in [7, 11) is 1.62. The molecule has 23 heavy (non-hydrogen) atoms. The lowest BCUT2D eigenvalue weighted by molar-refractivity contribution is -0.167. The molecule has 1 aromatic heterocycles. The lowest BCUT2D eigenvalue weighted by Gasteiger charge is -2.42. The van der Waals surface area contributed by atoms with E-state index in [1.807, 2.05) is 19.9 Å². The number of nitrogens with one attached hydrogen (secondary N) is 1. The summed E-state index contributed by atoms with van der Waals surface area (Å²) in [6, 6.07) is 5.35. The highest BCUT2D eigenvalue weighted by Crippen LogP contribution is 2.21. The molecule has 1 aliphatic rings. The highest BCUT2D eigenvalue weighted by atomic mass is 16.5. The van der Waals surface area contributed by atoms with Crippen molar-refractivity contribution in [3.05, 3.63) is 23.9 Å². The number of hydrogen-bond acceptors (Lipinski definition) is 6. The molecule has 0 saturated carbocycles. The quantitative estimate of drug-likeness (QED) is 0.872. The van der Waals surface area contributed by atoms with E-state index in [1.165, 1.54) is 6.20 Å². The number of carbonyl (C=O) groups is 1. The molecule has 1 aliphatic heterocycles. The molecule has 0 aromatic carbocycles. The highest BCUT2D eigenvalue weighted by Gasteiger charge is 2.35. The second kappa shape index (κ2) is 7.40. The minimum absolute atomic E-state index is 0.0198. The number of anilines is 1. The van der Waals surface area contributed by atoms with E-state index in [0.717, 1.165) is 0 Å². The number of aromatic nitrogens is 1. The lowest BCUT2D eigenvalue weighted by Crippen LogP contribution is -2.56. The number of pyridine rings is 1. The Morgan fingerprint density at radius 1 is 1.61 bits per heavy atom. The molecule has 124 valence electrons. The van der Waals surface area contributed by atoms with Gasteiger partial charge in [0.05, 0.1) is 30.4 Å². The second-order valence-corrected chi connectivity index (χ2v) is 6.13. The van der Waals surface area contributed by atoms with Gasteiger partial charge < -0.3 is 19.7 Å². The van der Waals surface area contributed by atoms with Crippen LogP contribution < -0.4 is 5.32 Å². The van der Waals surface area contributed by atoms with Crippen molar-refractivity contribution in [1.29, 1.82) is 5.26 Å². The number of carbonyl (C=O) groups excluding carboxylic acids is 1. The predicted molar refractivity (Wildman–Crippen MR) is 84.8 cm³/mol. The van der Waals surface area contributed by atoms with E-state index in [1.54, 1.807) is 24.1 Å². The minimum atomic E-state index is -0.399. The van der Waals surface area contributed by atoms with Gasteiger partial charge in [-0.15, -0.1) is 0 Å². The maximum Gasteiger partial charge on any atom is 0.242 e. The third kappa shape index (κ3) is 4.91. The number of methoxy groups -OCH3 is 1. The van der Waals surface area contributed by atoms with E-state index in [0.29, 0.717) is 31.1 Å². The van der Waals surface area contributed by atoms with Crippen LogP contribution in [0.15, 0.2) is 18.3 Å². The number of nitriles is 1. The molecule has 1 amide bonds. The summed E-state index contributed by atoms with van der Waals surface area (Å²) in [6.07, 6.45) is 1.35. The van der Waals surface area contributed by atoms with Gasteiger partial charge in [-0.05, 0) is 26.0 Å². The molecule has 1 aromatic rings. The number of morpholine rings is 1. The van der Waals surface area contributed by atoms with Gasteiger partial charge in [-0.2, -0.15) is 5.26 Å². The molecule has 7 nitrogen and oxygen atoms in total. The zero-order valence-electron chi connectivity index (χ0n) is 13.7. The predicted octanol–water partition coefficient (Wildman–Crippen LogP) is 1.02. The molecule has 2 rings (SSSR count). The summed E-state index contributed by atoms with van der Waals surface area (Å²) in [5.74, 6) is 0.548. The standard InChI is InChI=1S/C16H22N4O3/c1-16(2)11-20(9-13(23-16)10-22-3)15(21)8-19-14-5-4-12(6-17)7-18-14/h4-5,7,13H,8-11H2,1-3H3,(H,18,19)/t13-/m0/s1. The first-order valence-corrected chi connectivity index (χ1v) is 7.48. The molecular formula is C16H22N4O3. The molecule has 1 fully saturated rings. The van der Waals surface area contributed by atoms with Crippen LogP contribution in [-0.4, -0.2) is 60.8 Å². The van der Waals surface area contributed by atoms with Gasteiger partial charge in [-0.1, -0.05) is 0 Å². The van der Waals surface area contributed by atoms with Gasteiger partial charge in [-0.25, -0.2) is 4.98 Å². The normalized spacial score (nSPS) is 19.9. The van der Waals surface area contributed by atoms with Gasteiger partial charge in [-0.3, -0.25) is 4.79 Å². The summed E-state index contributed by atoms with van der Waals surface area (Å²) in [5.41, 5.74) is 0.0864. The second-order valence-electron chi connectivity index (χ2n) is 6.13. The van der Waals surface area contributed by atoms with Crippen molar-refractivity contribution in [1.82, 2.24) is 9.88 Å². The first-order chi connectivity index (χ1) is 10.9. The number of rotatable bonds is 5. The van der Waals surface area contributed by atoms with Gasteiger partial charge in [0.25, 0.3) is 0 Å². The van der Waals surface area contributed by atoms with Crippen molar-refractivity contribution >= 4 is 11.7 Å². The van der Waals surface area contributed by atoms with Crippen LogP contribution >= 0.6 is 0 Å². The van der Waals surface area contributed by atoms with E-state index in [4.69, 9.17) is 14.7 Å². The van der Waals surface area contributed by atoms with E-state index in [-0.39, 0.29) is 18.6 Å². The molecule has 2 heterocycles. The first-order valence-electron chi connectivity index (χ1n) is 7.48. The Hall–Kier alpha value is -2.17. The van der Waals surface area contributed by atoms with Crippen LogP contribution in [0.3, 0.4) is 0 Å². The Balaban J connectivity index is 1.92. The van der Waals surface area contributed by atoms with E-state index in [2.05, 4.69) is 10.3 Å². The van der Waals surface area contributed by atoms with E-state index in [9.17, 15) is 4.79 Å². The fourth-order valence-electron chi connectivity index (χ4n) is 2.60. The molecule has 1 N–H and O–H groups in total. The SMILES string of the molecule is COC[C@@H]1CN(C(=O)CNc2ccc(C#N)cn2)CC(C)(C)O1. The van der Waals surface area contributed by atoms with Crippen molar-refractivity contribution in [2.24, 2.45) is 0 Å². The smallest absolute Gasteiger partial charge is 0.242 e. The topological polar surface area (TPSA) is 87.5 Å². The van der Waals surface area contributed by atoms with Crippen molar-refractivity contribution in [2.75, 3.05) is 38.7 Å². The summed E-state index contributed by atoms with van der Waals surface area (Å²) in [4.78, 5) is 18.3. The molecule has 1 atom stereocenters. The zero-order chi connectivity index (χ0) is 16.9. The molecule has 0 spiro atoms. The summed E-state index contributed by atoms with van der Waals surface area (Å²) < 4.78 is 11.0. The number of amides is 1.